The molecule has 1 fully saturated rings. The first-order valence-electron chi connectivity index (χ1n) is 17.1. The van der Waals surface area contributed by atoms with Gasteiger partial charge in [-0.05, 0) is 60.4 Å². The summed E-state index contributed by atoms with van der Waals surface area (Å²) in [7, 11) is 0. The number of fused-ring (bicyclic) bond motifs is 2. The number of benzene rings is 3. The van der Waals surface area contributed by atoms with Crippen molar-refractivity contribution in [3.8, 4) is 5.75 Å². The number of aryl methyl sites for hydroxylation is 1. The second kappa shape index (κ2) is 16.8. The number of aromatic nitrogens is 2. The Kier molecular flexibility index (Phi) is 11.8. The number of H-pyrrole nitrogens is 1. The highest BCUT2D eigenvalue weighted by atomic mass is 35.5. The number of piperazine rings is 1. The van der Waals surface area contributed by atoms with Crippen molar-refractivity contribution in [3.63, 3.8) is 0 Å². The number of carbonyl (C=O) groups excluding carboxylic acids is 4. The molecule has 0 unspecified atom stereocenters. The molecule has 3 N–H and O–H groups in total. The average Bonchev–Trinajstić information content (AvgIpc) is 3.17. The number of alkyl halides is 1. The number of ether oxygens (including phenoxy) is 1. The lowest BCUT2D eigenvalue weighted by molar-refractivity contribution is -0.124. The fraction of sp³-hybridized carbons (Fsp3) is 0.351. The molecule has 0 radical (unpaired) electrons. The van der Waals surface area contributed by atoms with Gasteiger partial charge < -0.3 is 25.2 Å². The summed E-state index contributed by atoms with van der Waals surface area (Å²) in [6, 6.07) is 16.8. The maximum atomic E-state index is 14.9. The van der Waals surface area contributed by atoms with Crippen molar-refractivity contribution in [3.05, 3.63) is 99.2 Å². The van der Waals surface area contributed by atoms with Gasteiger partial charge in [0.1, 0.15) is 17.4 Å². The minimum absolute atomic E-state index is 0.0420. The van der Waals surface area contributed by atoms with E-state index in [1.165, 1.54) is 12.1 Å². The zero-order chi connectivity index (χ0) is 36.6. The van der Waals surface area contributed by atoms with E-state index in [2.05, 4.69) is 20.8 Å². The molecule has 3 heterocycles. The number of hydrogen-bond donors (Lipinski definition) is 3. The number of rotatable bonds is 12. The summed E-state index contributed by atoms with van der Waals surface area (Å²) in [6.45, 7) is 2.51. The summed E-state index contributed by atoms with van der Waals surface area (Å²) in [5.74, 6) is -1.32. The lowest BCUT2D eigenvalue weighted by Gasteiger charge is -2.34. The van der Waals surface area contributed by atoms with Gasteiger partial charge in [-0.1, -0.05) is 24.3 Å². The first kappa shape index (κ1) is 36.5. The number of nitrogens with one attached hydrogen (secondary N) is 3. The molecule has 13 nitrogen and oxygen atoms in total. The van der Waals surface area contributed by atoms with Crippen molar-refractivity contribution in [2.45, 2.75) is 19.3 Å². The molecule has 0 bridgehead atoms. The minimum atomic E-state index is -0.624. The standard InChI is InChI=1S/C37H39ClFN7O6/c38-21-35(49)46-13-3-4-25-20-26(8-10-32(25)46)52-23-34(48)41-12-11-40-33(47)22-44-14-16-45(17-15-44)37(51)29-18-24(7-9-30(29)39)19-31-27-5-1-2-6-28(27)36(50)43-42-31/h1-2,5-10,18,20H,3-4,11-17,19,21-23H2,(H,40,47)(H,41,48)(H,43,50). The van der Waals surface area contributed by atoms with Crippen LogP contribution in [0.5, 0.6) is 5.75 Å². The summed E-state index contributed by atoms with van der Waals surface area (Å²) >= 11 is 5.74. The molecule has 272 valence electrons. The number of anilines is 1. The third-order valence-corrected chi connectivity index (χ3v) is 9.39. The number of carbonyl (C=O) groups is 4. The third-order valence-electron chi connectivity index (χ3n) is 9.16. The Morgan fingerprint density at radius 2 is 1.65 bits per heavy atom. The second-order valence-electron chi connectivity index (χ2n) is 12.7. The molecule has 2 aliphatic rings. The molecule has 4 aromatic rings. The smallest absolute Gasteiger partial charge is 0.272 e. The molecule has 52 heavy (non-hydrogen) atoms. The molecule has 1 saturated heterocycles. The highest BCUT2D eigenvalue weighted by Crippen LogP contribution is 2.31. The van der Waals surface area contributed by atoms with E-state index in [1.807, 2.05) is 17.0 Å². The molecule has 1 aromatic heterocycles. The molecule has 0 atom stereocenters. The van der Waals surface area contributed by atoms with E-state index in [9.17, 15) is 28.4 Å². The van der Waals surface area contributed by atoms with Crippen molar-refractivity contribution in [2.75, 3.05) is 69.7 Å². The Bertz CT molecular complexity index is 2030. The molecular formula is C37H39ClFN7O6. The Hall–Kier alpha value is -5.34. The van der Waals surface area contributed by atoms with Gasteiger partial charge >= 0.3 is 0 Å². The monoisotopic (exact) mass is 731 g/mol. The molecule has 15 heteroatoms. The molecule has 0 aliphatic carbocycles. The van der Waals surface area contributed by atoms with Crippen molar-refractivity contribution >= 4 is 51.7 Å². The van der Waals surface area contributed by atoms with Gasteiger partial charge in [-0.15, -0.1) is 11.6 Å². The molecule has 0 saturated carbocycles. The first-order valence-corrected chi connectivity index (χ1v) is 17.7. The fourth-order valence-electron chi connectivity index (χ4n) is 6.48. The minimum Gasteiger partial charge on any atom is -0.484 e. The van der Waals surface area contributed by atoms with Gasteiger partial charge in [0.05, 0.1) is 23.2 Å². The SMILES string of the molecule is O=C(COc1ccc2c(c1)CCCN2C(=O)CCl)NCCNC(=O)CN1CCN(C(=O)c2cc(Cc3n[nH]c(=O)c4ccccc34)ccc2F)CC1. The Morgan fingerprint density at radius 3 is 2.42 bits per heavy atom. The third kappa shape index (κ3) is 8.75. The summed E-state index contributed by atoms with van der Waals surface area (Å²) < 4.78 is 20.5. The van der Waals surface area contributed by atoms with Gasteiger partial charge in [0.15, 0.2) is 6.61 Å². The Labute approximate surface area is 304 Å². The number of halogens is 2. The number of hydrogen-bond acceptors (Lipinski definition) is 8. The van der Waals surface area contributed by atoms with Gasteiger partial charge in [-0.25, -0.2) is 9.49 Å². The first-order chi connectivity index (χ1) is 25.2. The van der Waals surface area contributed by atoms with Crippen LogP contribution >= 0.6 is 11.6 Å². The van der Waals surface area contributed by atoms with E-state index in [0.29, 0.717) is 66.9 Å². The molecule has 0 spiro atoms. The number of aromatic amines is 1. The molecule has 4 amide bonds. The van der Waals surface area contributed by atoms with Crippen LogP contribution in [-0.4, -0.2) is 108 Å². The summed E-state index contributed by atoms with van der Waals surface area (Å²) in [5, 5.41) is 13.4. The topological polar surface area (TPSA) is 157 Å². The molecule has 6 rings (SSSR count). The average molecular weight is 732 g/mol. The van der Waals surface area contributed by atoms with Crippen LogP contribution in [0.15, 0.2) is 65.5 Å². The number of amides is 4. The van der Waals surface area contributed by atoms with Crippen molar-refractivity contribution in [1.82, 2.24) is 30.6 Å². The van der Waals surface area contributed by atoms with Gasteiger partial charge in [0.25, 0.3) is 17.4 Å². The predicted octanol–water partition coefficient (Wildman–Crippen LogP) is 2.24. The van der Waals surface area contributed by atoms with Gasteiger partial charge in [-0.2, -0.15) is 5.10 Å². The van der Waals surface area contributed by atoms with Gasteiger partial charge in [-0.3, -0.25) is 28.9 Å². The van der Waals surface area contributed by atoms with Crippen LogP contribution < -0.4 is 25.8 Å². The van der Waals surface area contributed by atoms with Crippen LogP contribution in [0.25, 0.3) is 10.8 Å². The van der Waals surface area contributed by atoms with Crippen molar-refractivity contribution in [1.29, 1.82) is 0 Å². The van der Waals surface area contributed by atoms with E-state index >= 15 is 0 Å². The summed E-state index contributed by atoms with van der Waals surface area (Å²) in [4.78, 5) is 67.6. The zero-order valence-corrected chi connectivity index (χ0v) is 29.2. The van der Waals surface area contributed by atoms with Crippen LogP contribution in [0, 0.1) is 5.82 Å². The number of nitrogens with zero attached hydrogens (tertiary/aromatic N) is 4. The van der Waals surface area contributed by atoms with Crippen LogP contribution in [0.2, 0.25) is 0 Å². The Balaban J connectivity index is 0.903. The molecular weight excluding hydrogens is 693 g/mol. The van der Waals surface area contributed by atoms with E-state index < -0.39 is 11.7 Å². The van der Waals surface area contributed by atoms with Crippen LogP contribution in [0.3, 0.4) is 0 Å². The fourth-order valence-corrected chi connectivity index (χ4v) is 6.63. The van der Waals surface area contributed by atoms with Crippen LogP contribution in [0.4, 0.5) is 10.1 Å². The maximum Gasteiger partial charge on any atom is 0.272 e. The molecule has 3 aromatic carbocycles. The summed E-state index contributed by atoms with van der Waals surface area (Å²) in [6.07, 6.45) is 1.91. The lowest BCUT2D eigenvalue weighted by Crippen LogP contribution is -2.51. The lowest BCUT2D eigenvalue weighted by atomic mass is 10.0. The van der Waals surface area contributed by atoms with E-state index in [1.54, 1.807) is 46.2 Å². The molecule has 2 aliphatic heterocycles. The maximum absolute atomic E-state index is 14.9. The predicted molar refractivity (Wildman–Crippen MR) is 193 cm³/mol. The quantitative estimate of drug-likeness (QED) is 0.148. The van der Waals surface area contributed by atoms with Crippen molar-refractivity contribution < 1.29 is 28.3 Å². The van der Waals surface area contributed by atoms with Crippen LogP contribution in [-0.2, 0) is 27.2 Å². The van der Waals surface area contributed by atoms with E-state index in [0.717, 1.165) is 24.1 Å². The normalized spacial score (nSPS) is 14.5. The zero-order valence-electron chi connectivity index (χ0n) is 28.5. The van der Waals surface area contributed by atoms with E-state index in [4.69, 9.17) is 16.3 Å². The van der Waals surface area contributed by atoms with Gasteiger partial charge in [0.2, 0.25) is 11.8 Å². The largest absolute Gasteiger partial charge is 0.484 e. The van der Waals surface area contributed by atoms with Gasteiger partial charge in [0, 0.05) is 63.3 Å². The Morgan fingerprint density at radius 1 is 0.904 bits per heavy atom. The summed E-state index contributed by atoms with van der Waals surface area (Å²) in [5.41, 5.74) is 2.73. The van der Waals surface area contributed by atoms with Crippen molar-refractivity contribution in [2.24, 2.45) is 0 Å². The second-order valence-corrected chi connectivity index (χ2v) is 12.9. The van der Waals surface area contributed by atoms with Crippen LogP contribution in [0.1, 0.15) is 33.6 Å². The van der Waals surface area contributed by atoms with E-state index in [-0.39, 0.29) is 61.0 Å². The highest BCUT2D eigenvalue weighted by molar-refractivity contribution is 6.29. The highest BCUT2D eigenvalue weighted by Gasteiger charge is 2.26.